The summed E-state index contributed by atoms with van der Waals surface area (Å²) in [6.07, 6.45) is 4.20. The van der Waals surface area contributed by atoms with Gasteiger partial charge >= 0.3 is 17.9 Å². The first-order valence-corrected chi connectivity index (χ1v) is 11.4. The zero-order chi connectivity index (χ0) is 23.6. The molecule has 0 saturated heterocycles. The van der Waals surface area contributed by atoms with Gasteiger partial charge in [0.2, 0.25) is 0 Å². The Morgan fingerprint density at radius 1 is 1.16 bits per heavy atom. The number of hydrogen-bond donors (Lipinski definition) is 0. The standard InChI is InChI=1S/C24H29ClO7/c1-12(26)24(32-14(3)28)10-19(31-13(2)27)21-15-8-18(25)17-9-20(29)30-11-22(17,4)16(15)6-7-23(21,24)5/h8-9,15-16,19,21H,6-7,10-11H2,1-5H3/t15-,16+,19+,21-,22-,23+,24+/m1/s1. The molecule has 8 heteroatoms. The van der Waals surface area contributed by atoms with E-state index in [1.807, 2.05) is 19.9 Å². The molecule has 0 radical (unpaired) electrons. The lowest BCUT2D eigenvalue weighted by atomic mass is 9.49. The van der Waals surface area contributed by atoms with Crippen molar-refractivity contribution in [3.63, 3.8) is 0 Å². The number of cyclic esters (lactones) is 1. The minimum atomic E-state index is -1.38. The van der Waals surface area contributed by atoms with Crippen molar-refractivity contribution >= 4 is 35.3 Å². The van der Waals surface area contributed by atoms with Crippen LogP contribution in [0.5, 0.6) is 0 Å². The molecule has 3 aliphatic carbocycles. The minimum absolute atomic E-state index is 0.0561. The maximum Gasteiger partial charge on any atom is 0.331 e. The Bertz CT molecular complexity index is 967. The SMILES string of the molecule is CC(=O)O[C@H]1C[C@](OC(C)=O)(C(C)=O)[C@@]2(C)CC[C@H]3[C@@H](C=C(Cl)C4=CC(=O)OC[C@@]43C)[C@H]12. The summed E-state index contributed by atoms with van der Waals surface area (Å²) in [5.74, 6) is -2.05. The van der Waals surface area contributed by atoms with E-state index in [1.54, 1.807) is 0 Å². The second-order valence-corrected chi connectivity index (χ2v) is 10.5. The van der Waals surface area contributed by atoms with Crippen LogP contribution in [0.4, 0.5) is 0 Å². The number of fused-ring (bicyclic) bond motifs is 5. The van der Waals surface area contributed by atoms with Crippen molar-refractivity contribution < 1.29 is 33.4 Å². The molecule has 32 heavy (non-hydrogen) atoms. The summed E-state index contributed by atoms with van der Waals surface area (Å²) >= 11 is 6.70. The van der Waals surface area contributed by atoms with Gasteiger partial charge in [0.15, 0.2) is 11.4 Å². The molecule has 2 saturated carbocycles. The maximum atomic E-state index is 13.0. The number of carbonyl (C=O) groups is 4. The highest BCUT2D eigenvalue weighted by Crippen LogP contribution is 2.67. The number of esters is 3. The van der Waals surface area contributed by atoms with Crippen LogP contribution in [0.3, 0.4) is 0 Å². The first kappa shape index (κ1) is 23.0. The molecular weight excluding hydrogens is 436 g/mol. The number of ketones is 1. The number of ether oxygens (including phenoxy) is 3. The van der Waals surface area contributed by atoms with Crippen LogP contribution in [0.1, 0.15) is 53.9 Å². The van der Waals surface area contributed by atoms with Crippen LogP contribution in [0, 0.1) is 28.6 Å². The van der Waals surface area contributed by atoms with Gasteiger partial charge in [-0.25, -0.2) is 4.79 Å². The van der Waals surface area contributed by atoms with Gasteiger partial charge in [-0.15, -0.1) is 0 Å². The van der Waals surface area contributed by atoms with E-state index in [4.69, 9.17) is 25.8 Å². The summed E-state index contributed by atoms with van der Waals surface area (Å²) in [6.45, 7) is 8.27. The van der Waals surface area contributed by atoms with Crippen molar-refractivity contribution in [3.05, 3.63) is 22.8 Å². The molecule has 0 bridgehead atoms. The van der Waals surface area contributed by atoms with Crippen molar-refractivity contribution in [2.24, 2.45) is 28.6 Å². The van der Waals surface area contributed by atoms with Crippen molar-refractivity contribution in [1.82, 2.24) is 0 Å². The zero-order valence-corrected chi connectivity index (χ0v) is 19.8. The van der Waals surface area contributed by atoms with E-state index in [0.29, 0.717) is 17.9 Å². The molecule has 1 aliphatic heterocycles. The largest absolute Gasteiger partial charge is 0.462 e. The molecule has 0 aromatic heterocycles. The third kappa shape index (κ3) is 3.07. The lowest BCUT2D eigenvalue weighted by Gasteiger charge is -2.57. The van der Waals surface area contributed by atoms with Crippen molar-refractivity contribution in [3.8, 4) is 0 Å². The van der Waals surface area contributed by atoms with Crippen LogP contribution in [-0.4, -0.2) is 42.0 Å². The molecule has 0 aromatic rings. The Morgan fingerprint density at radius 2 is 1.84 bits per heavy atom. The second-order valence-electron chi connectivity index (χ2n) is 10.1. The normalized spacial score (nSPS) is 42.4. The Morgan fingerprint density at radius 3 is 2.44 bits per heavy atom. The monoisotopic (exact) mass is 464 g/mol. The number of hydrogen-bond acceptors (Lipinski definition) is 7. The molecule has 4 aliphatic rings. The first-order chi connectivity index (χ1) is 14.9. The Labute approximate surface area is 192 Å². The van der Waals surface area contributed by atoms with Gasteiger partial charge in [-0.05, 0) is 37.2 Å². The lowest BCUT2D eigenvalue weighted by Crippen LogP contribution is -2.59. The van der Waals surface area contributed by atoms with Crippen LogP contribution >= 0.6 is 11.6 Å². The van der Waals surface area contributed by atoms with E-state index in [0.717, 1.165) is 5.57 Å². The predicted octanol–water partition coefficient (Wildman–Crippen LogP) is 3.49. The average molecular weight is 465 g/mol. The van der Waals surface area contributed by atoms with Crippen LogP contribution in [0.15, 0.2) is 22.8 Å². The van der Waals surface area contributed by atoms with Gasteiger partial charge in [0.1, 0.15) is 12.7 Å². The molecule has 4 rings (SSSR count). The van der Waals surface area contributed by atoms with E-state index >= 15 is 0 Å². The fourth-order valence-corrected chi connectivity index (χ4v) is 7.52. The van der Waals surface area contributed by atoms with Crippen LogP contribution in [0.25, 0.3) is 0 Å². The van der Waals surface area contributed by atoms with Gasteiger partial charge in [0.25, 0.3) is 0 Å². The quantitative estimate of drug-likeness (QED) is 0.466. The first-order valence-electron chi connectivity index (χ1n) is 11.0. The highest BCUT2D eigenvalue weighted by Gasteiger charge is 2.72. The fraction of sp³-hybridized carbons (Fsp3) is 0.667. The second kappa shape index (κ2) is 7.44. The third-order valence-electron chi connectivity index (χ3n) is 8.41. The lowest BCUT2D eigenvalue weighted by molar-refractivity contribution is -0.186. The zero-order valence-electron chi connectivity index (χ0n) is 19.0. The van der Waals surface area contributed by atoms with Gasteiger partial charge in [-0.3, -0.25) is 14.4 Å². The van der Waals surface area contributed by atoms with Crippen LogP contribution in [-0.2, 0) is 33.4 Å². The molecule has 174 valence electrons. The fourth-order valence-electron chi connectivity index (χ4n) is 7.11. The van der Waals surface area contributed by atoms with Crippen molar-refractivity contribution in [2.75, 3.05) is 6.61 Å². The number of Topliss-reactive ketones (excluding diaryl/α,β-unsaturated/α-hetero) is 1. The summed E-state index contributed by atoms with van der Waals surface area (Å²) < 4.78 is 16.9. The summed E-state index contributed by atoms with van der Waals surface area (Å²) in [7, 11) is 0. The third-order valence-corrected chi connectivity index (χ3v) is 8.74. The Hall–Kier alpha value is -2.15. The highest BCUT2D eigenvalue weighted by atomic mass is 35.5. The van der Waals surface area contributed by atoms with Gasteiger partial charge in [0.05, 0.1) is 0 Å². The summed E-state index contributed by atoms with van der Waals surface area (Å²) in [5, 5.41) is 0.476. The Balaban J connectivity index is 1.88. The smallest absolute Gasteiger partial charge is 0.331 e. The number of allylic oxidation sites excluding steroid dienone is 2. The van der Waals surface area contributed by atoms with E-state index in [-0.39, 0.29) is 36.6 Å². The molecule has 7 atom stereocenters. The average Bonchev–Trinajstić information content (AvgIpc) is 2.91. The topological polar surface area (TPSA) is 96.0 Å². The molecular formula is C24H29ClO7. The van der Waals surface area contributed by atoms with Gasteiger partial charge < -0.3 is 14.2 Å². The number of carbonyl (C=O) groups excluding carboxylic acids is 4. The molecule has 0 unspecified atom stereocenters. The Kier molecular flexibility index (Phi) is 5.35. The van der Waals surface area contributed by atoms with Crippen molar-refractivity contribution in [2.45, 2.75) is 65.6 Å². The van der Waals surface area contributed by atoms with E-state index in [1.165, 1.54) is 26.8 Å². The molecule has 0 amide bonds. The van der Waals surface area contributed by atoms with Crippen LogP contribution in [0.2, 0.25) is 0 Å². The van der Waals surface area contributed by atoms with Crippen molar-refractivity contribution in [1.29, 1.82) is 0 Å². The summed E-state index contributed by atoms with van der Waals surface area (Å²) in [4.78, 5) is 49.0. The predicted molar refractivity (Wildman–Crippen MR) is 114 cm³/mol. The van der Waals surface area contributed by atoms with Gasteiger partial charge in [-0.2, -0.15) is 0 Å². The minimum Gasteiger partial charge on any atom is -0.462 e. The molecule has 0 N–H and O–H groups in total. The molecule has 0 spiro atoms. The highest BCUT2D eigenvalue weighted by molar-refractivity contribution is 6.32. The van der Waals surface area contributed by atoms with Gasteiger partial charge in [-0.1, -0.05) is 31.5 Å². The molecule has 7 nitrogen and oxygen atoms in total. The van der Waals surface area contributed by atoms with Crippen LogP contribution < -0.4 is 0 Å². The molecule has 1 heterocycles. The molecule has 0 aromatic carbocycles. The molecule has 2 fully saturated rings. The number of halogens is 1. The van der Waals surface area contributed by atoms with E-state index < -0.39 is 40.4 Å². The number of rotatable bonds is 3. The van der Waals surface area contributed by atoms with E-state index in [9.17, 15) is 19.2 Å². The summed E-state index contributed by atoms with van der Waals surface area (Å²) in [5.41, 5.74) is -1.86. The summed E-state index contributed by atoms with van der Waals surface area (Å²) in [6, 6.07) is 0. The van der Waals surface area contributed by atoms with Gasteiger partial charge in [0, 0.05) is 48.1 Å². The van der Waals surface area contributed by atoms with E-state index in [2.05, 4.69) is 0 Å². The maximum absolute atomic E-state index is 13.0.